The van der Waals surface area contributed by atoms with Crippen molar-refractivity contribution in [1.82, 2.24) is 10.2 Å². The van der Waals surface area contributed by atoms with Gasteiger partial charge in [-0.25, -0.2) is 4.79 Å². The molecule has 0 fully saturated rings. The van der Waals surface area contributed by atoms with Crippen LogP contribution in [0.2, 0.25) is 0 Å². The number of ether oxygens (including phenoxy) is 1. The molecule has 0 radical (unpaired) electrons. The van der Waals surface area contributed by atoms with Crippen LogP contribution in [0.4, 0.5) is 5.82 Å². The van der Waals surface area contributed by atoms with Gasteiger partial charge in [0.25, 0.3) is 0 Å². The van der Waals surface area contributed by atoms with Gasteiger partial charge >= 0.3 is 5.97 Å². The molecule has 1 N–H and O–H groups in total. The molecule has 5 heteroatoms. The van der Waals surface area contributed by atoms with Crippen molar-refractivity contribution in [3.63, 3.8) is 0 Å². The lowest BCUT2D eigenvalue weighted by Crippen LogP contribution is -2.09. The van der Waals surface area contributed by atoms with E-state index in [2.05, 4.69) is 26.3 Å². The molecule has 0 aromatic carbocycles. The number of carbonyl (C=O) groups excluding carboxylic acids is 1. The lowest BCUT2D eigenvalue weighted by molar-refractivity contribution is 0.0593. The van der Waals surface area contributed by atoms with Crippen molar-refractivity contribution in [2.45, 2.75) is 32.1 Å². The highest BCUT2D eigenvalue weighted by molar-refractivity contribution is 5.86. The van der Waals surface area contributed by atoms with E-state index in [9.17, 15) is 4.79 Å². The number of hydrogen-bond donors (Lipinski definition) is 1. The van der Waals surface area contributed by atoms with Crippen molar-refractivity contribution in [2.75, 3.05) is 19.0 Å². The van der Waals surface area contributed by atoms with Gasteiger partial charge in [-0.15, -0.1) is 10.2 Å². The van der Waals surface area contributed by atoms with E-state index in [1.165, 1.54) is 38.4 Å². The fraction of sp³-hybridized carbons (Fsp3) is 0.500. The number of carbonyl (C=O) groups is 1. The number of anilines is 1. The molecule has 1 aromatic rings. The topological polar surface area (TPSA) is 64.1 Å². The van der Waals surface area contributed by atoms with Crippen molar-refractivity contribution in [2.24, 2.45) is 0 Å². The lowest BCUT2D eigenvalue weighted by atomic mass is 9.97. The summed E-state index contributed by atoms with van der Waals surface area (Å²) in [4.78, 5) is 11.2. The van der Waals surface area contributed by atoms with Gasteiger partial charge in [0.2, 0.25) is 0 Å². The molecular weight excluding hydrogens is 242 g/mol. The van der Waals surface area contributed by atoms with Gasteiger partial charge in [0, 0.05) is 6.54 Å². The van der Waals surface area contributed by atoms with Crippen LogP contribution in [0.15, 0.2) is 23.8 Å². The second kappa shape index (κ2) is 6.87. The molecule has 0 atom stereocenters. The average molecular weight is 261 g/mol. The summed E-state index contributed by atoms with van der Waals surface area (Å²) in [5.74, 6) is 0.218. The zero-order chi connectivity index (χ0) is 13.5. The summed E-state index contributed by atoms with van der Waals surface area (Å²) >= 11 is 0. The first-order valence-electron chi connectivity index (χ1n) is 6.63. The quantitative estimate of drug-likeness (QED) is 0.652. The summed E-state index contributed by atoms with van der Waals surface area (Å²) in [7, 11) is 1.33. The molecule has 19 heavy (non-hydrogen) atoms. The number of rotatable bonds is 5. The van der Waals surface area contributed by atoms with Gasteiger partial charge in [-0.3, -0.25) is 0 Å². The molecule has 1 heterocycles. The van der Waals surface area contributed by atoms with Gasteiger partial charge in [0.15, 0.2) is 5.69 Å². The predicted octanol–water partition coefficient (Wildman–Crippen LogP) is 2.57. The molecule has 1 aromatic heterocycles. The first-order valence-corrected chi connectivity index (χ1v) is 6.63. The van der Waals surface area contributed by atoms with Crippen molar-refractivity contribution in [3.8, 4) is 0 Å². The molecule has 0 saturated carbocycles. The summed E-state index contributed by atoms with van der Waals surface area (Å²) in [5.41, 5.74) is 1.75. The molecule has 102 valence electrons. The maximum atomic E-state index is 11.2. The van der Waals surface area contributed by atoms with Crippen LogP contribution in [0, 0.1) is 0 Å². The second-order valence-corrected chi connectivity index (χ2v) is 4.58. The highest BCUT2D eigenvalue weighted by Crippen LogP contribution is 2.19. The van der Waals surface area contributed by atoms with E-state index in [4.69, 9.17) is 0 Å². The number of hydrogen-bond acceptors (Lipinski definition) is 5. The third-order valence-electron chi connectivity index (χ3n) is 3.20. The van der Waals surface area contributed by atoms with Crippen molar-refractivity contribution < 1.29 is 9.53 Å². The van der Waals surface area contributed by atoms with Crippen molar-refractivity contribution in [1.29, 1.82) is 0 Å². The molecule has 0 unspecified atom stereocenters. The lowest BCUT2D eigenvalue weighted by Gasteiger charge is -2.12. The fourth-order valence-electron chi connectivity index (χ4n) is 2.12. The Balaban J connectivity index is 1.79. The summed E-state index contributed by atoms with van der Waals surface area (Å²) in [6, 6.07) is 3.36. The molecule has 0 spiro atoms. The number of methoxy groups -OCH3 is 1. The summed E-state index contributed by atoms with van der Waals surface area (Å²) in [6.07, 6.45) is 8.44. The molecule has 1 aliphatic carbocycles. The molecule has 0 amide bonds. The molecule has 0 aliphatic heterocycles. The van der Waals surface area contributed by atoms with E-state index in [1.54, 1.807) is 12.1 Å². The van der Waals surface area contributed by atoms with Gasteiger partial charge in [-0.1, -0.05) is 11.6 Å². The predicted molar refractivity (Wildman–Crippen MR) is 73.0 cm³/mol. The minimum atomic E-state index is -0.466. The number of aromatic nitrogens is 2. The Labute approximate surface area is 113 Å². The normalized spacial score (nSPS) is 14.7. The monoisotopic (exact) mass is 261 g/mol. The highest BCUT2D eigenvalue weighted by atomic mass is 16.5. The van der Waals surface area contributed by atoms with Crippen LogP contribution in [0.3, 0.4) is 0 Å². The Morgan fingerprint density at radius 3 is 2.89 bits per heavy atom. The Morgan fingerprint density at radius 2 is 2.26 bits per heavy atom. The van der Waals surface area contributed by atoms with Gasteiger partial charge in [0.1, 0.15) is 5.82 Å². The zero-order valence-corrected chi connectivity index (χ0v) is 11.2. The second-order valence-electron chi connectivity index (χ2n) is 4.58. The van der Waals surface area contributed by atoms with Crippen LogP contribution in [-0.2, 0) is 4.74 Å². The van der Waals surface area contributed by atoms with Gasteiger partial charge < -0.3 is 10.1 Å². The van der Waals surface area contributed by atoms with E-state index >= 15 is 0 Å². The molecule has 0 bridgehead atoms. The fourth-order valence-corrected chi connectivity index (χ4v) is 2.12. The Bertz CT molecular complexity index is 454. The van der Waals surface area contributed by atoms with Crippen molar-refractivity contribution in [3.05, 3.63) is 29.5 Å². The van der Waals surface area contributed by atoms with Crippen LogP contribution >= 0.6 is 0 Å². The van der Waals surface area contributed by atoms with Crippen LogP contribution in [-0.4, -0.2) is 29.8 Å². The number of nitrogens with one attached hydrogen (secondary N) is 1. The van der Waals surface area contributed by atoms with Crippen LogP contribution in [0.1, 0.15) is 42.6 Å². The molecule has 5 nitrogen and oxygen atoms in total. The smallest absolute Gasteiger partial charge is 0.358 e. The van der Waals surface area contributed by atoms with Crippen LogP contribution < -0.4 is 5.32 Å². The van der Waals surface area contributed by atoms with Gasteiger partial charge in [0.05, 0.1) is 7.11 Å². The number of esters is 1. The maximum absolute atomic E-state index is 11.2. The van der Waals surface area contributed by atoms with E-state index in [0.29, 0.717) is 5.82 Å². The Kier molecular flexibility index (Phi) is 4.89. The zero-order valence-electron chi connectivity index (χ0n) is 11.2. The summed E-state index contributed by atoms with van der Waals surface area (Å²) in [5, 5.41) is 11.0. The van der Waals surface area contributed by atoms with Crippen LogP contribution in [0.25, 0.3) is 0 Å². The van der Waals surface area contributed by atoms with E-state index in [0.717, 1.165) is 13.0 Å². The standard InChI is InChI=1S/C14H19N3O2/c1-19-14(18)12-7-8-13(17-16-12)15-10-9-11-5-3-2-4-6-11/h5,7-8H,2-4,6,9-10H2,1H3,(H,15,17). The number of allylic oxidation sites excluding steroid dienone is 1. The first-order chi connectivity index (χ1) is 9.29. The van der Waals surface area contributed by atoms with Gasteiger partial charge in [-0.05, 0) is 44.2 Å². The maximum Gasteiger partial charge on any atom is 0.358 e. The van der Waals surface area contributed by atoms with E-state index in [1.807, 2.05) is 0 Å². The van der Waals surface area contributed by atoms with Crippen LogP contribution in [0.5, 0.6) is 0 Å². The SMILES string of the molecule is COC(=O)c1ccc(NCCC2=CCCCC2)nn1. The molecular formula is C14H19N3O2. The molecule has 0 saturated heterocycles. The average Bonchev–Trinajstić information content (AvgIpc) is 2.48. The summed E-state index contributed by atoms with van der Waals surface area (Å²) < 4.78 is 4.57. The Morgan fingerprint density at radius 1 is 1.37 bits per heavy atom. The molecule has 2 rings (SSSR count). The largest absolute Gasteiger partial charge is 0.464 e. The third kappa shape index (κ3) is 4.05. The van der Waals surface area contributed by atoms with Crippen molar-refractivity contribution >= 4 is 11.8 Å². The first kappa shape index (κ1) is 13.5. The minimum absolute atomic E-state index is 0.225. The van der Waals surface area contributed by atoms with E-state index in [-0.39, 0.29) is 5.69 Å². The highest BCUT2D eigenvalue weighted by Gasteiger charge is 2.07. The number of nitrogens with zero attached hydrogens (tertiary/aromatic N) is 2. The van der Waals surface area contributed by atoms with Gasteiger partial charge in [-0.2, -0.15) is 0 Å². The minimum Gasteiger partial charge on any atom is -0.464 e. The van der Waals surface area contributed by atoms with E-state index < -0.39 is 5.97 Å². The third-order valence-corrected chi connectivity index (χ3v) is 3.20. The summed E-state index contributed by atoms with van der Waals surface area (Å²) in [6.45, 7) is 0.845. The molecule has 1 aliphatic rings. The Hall–Kier alpha value is -1.91.